The van der Waals surface area contributed by atoms with E-state index in [1.165, 1.54) is 13.8 Å². The third-order valence-corrected chi connectivity index (χ3v) is 2.02. The molecular weight excluding hydrogens is 192 g/mol. The number of hydrogen-bond donors (Lipinski definition) is 0. The normalized spacial score (nSPS) is 11.5. The lowest BCUT2D eigenvalue weighted by Gasteiger charge is -2.18. The van der Waals surface area contributed by atoms with Crippen molar-refractivity contribution in [2.24, 2.45) is 11.3 Å². The van der Waals surface area contributed by atoms with Gasteiger partial charge in [0.2, 0.25) is 5.24 Å². The zero-order chi connectivity index (χ0) is 10.6. The van der Waals surface area contributed by atoms with Crippen LogP contribution in [-0.2, 0) is 14.3 Å². The molecule has 13 heavy (non-hydrogen) atoms. The van der Waals surface area contributed by atoms with Crippen LogP contribution in [0.25, 0.3) is 0 Å². The number of esters is 1. The number of carbonyl (C=O) groups is 2. The molecule has 0 unspecified atom stereocenters. The van der Waals surface area contributed by atoms with Crippen molar-refractivity contribution in [3.8, 4) is 0 Å². The van der Waals surface area contributed by atoms with Crippen LogP contribution in [0.2, 0.25) is 0 Å². The summed E-state index contributed by atoms with van der Waals surface area (Å²) in [7, 11) is 0. The maximum absolute atomic E-state index is 11.3. The van der Waals surface area contributed by atoms with Crippen molar-refractivity contribution >= 4 is 22.8 Å². The first-order valence-electron chi connectivity index (χ1n) is 4.15. The Morgan fingerprint density at radius 2 is 1.85 bits per heavy atom. The number of halogens is 1. The molecule has 0 saturated heterocycles. The fourth-order valence-electron chi connectivity index (χ4n) is 0.503. The summed E-state index contributed by atoms with van der Waals surface area (Å²) in [6, 6.07) is 0. The van der Waals surface area contributed by atoms with E-state index in [0.29, 0.717) is 6.61 Å². The second-order valence-electron chi connectivity index (χ2n) is 3.89. The summed E-state index contributed by atoms with van der Waals surface area (Å²) in [4.78, 5) is 22.1. The van der Waals surface area contributed by atoms with Gasteiger partial charge in [-0.15, -0.1) is 0 Å². The van der Waals surface area contributed by atoms with Gasteiger partial charge in [0.25, 0.3) is 0 Å². The average molecular weight is 207 g/mol. The Kier molecular flexibility index (Phi) is 4.40. The van der Waals surface area contributed by atoms with Gasteiger partial charge in [0.15, 0.2) is 0 Å². The maximum Gasteiger partial charge on any atom is 0.320 e. The van der Waals surface area contributed by atoms with E-state index in [4.69, 9.17) is 16.3 Å². The lowest BCUT2D eigenvalue weighted by atomic mass is 9.96. The maximum atomic E-state index is 11.3. The molecule has 0 aliphatic carbocycles. The molecule has 0 aromatic heterocycles. The van der Waals surface area contributed by atoms with E-state index in [0.717, 1.165) is 0 Å². The topological polar surface area (TPSA) is 43.4 Å². The highest BCUT2D eigenvalue weighted by atomic mass is 35.5. The zero-order valence-electron chi connectivity index (χ0n) is 8.39. The molecular formula is C9H15ClO3. The number of ether oxygens (including phenoxy) is 1. The summed E-state index contributed by atoms with van der Waals surface area (Å²) in [5, 5.41) is -0.693. The van der Waals surface area contributed by atoms with Crippen LogP contribution in [0.4, 0.5) is 0 Å². The predicted molar refractivity (Wildman–Crippen MR) is 50.4 cm³/mol. The first kappa shape index (κ1) is 12.4. The molecule has 0 spiro atoms. The van der Waals surface area contributed by atoms with E-state index in [1.807, 2.05) is 13.8 Å². The fraction of sp³-hybridized carbons (Fsp3) is 0.778. The van der Waals surface area contributed by atoms with Crippen LogP contribution in [0.1, 0.15) is 27.7 Å². The highest BCUT2D eigenvalue weighted by Crippen LogP contribution is 2.21. The molecule has 0 aromatic carbocycles. The molecule has 0 aliphatic heterocycles. The van der Waals surface area contributed by atoms with E-state index in [9.17, 15) is 9.59 Å². The third kappa shape index (κ3) is 3.77. The van der Waals surface area contributed by atoms with E-state index in [2.05, 4.69) is 0 Å². The molecule has 3 nitrogen and oxygen atoms in total. The summed E-state index contributed by atoms with van der Waals surface area (Å²) < 4.78 is 4.89. The molecule has 0 amide bonds. The summed E-state index contributed by atoms with van der Waals surface area (Å²) in [5.41, 5.74) is -1.24. The standard InChI is InChI=1S/C9H15ClO3/c1-6(2)5-13-8(12)9(3,4)7(10)11/h6H,5H2,1-4H3. The Morgan fingerprint density at radius 3 is 2.15 bits per heavy atom. The average Bonchev–Trinajstić information content (AvgIpc) is 1.99. The molecule has 0 heterocycles. The van der Waals surface area contributed by atoms with Crippen LogP contribution < -0.4 is 0 Å². The van der Waals surface area contributed by atoms with Crippen molar-refractivity contribution in [2.75, 3.05) is 6.61 Å². The first-order valence-corrected chi connectivity index (χ1v) is 4.53. The van der Waals surface area contributed by atoms with Crippen molar-refractivity contribution < 1.29 is 14.3 Å². The number of rotatable bonds is 4. The minimum atomic E-state index is -1.24. The van der Waals surface area contributed by atoms with Crippen molar-refractivity contribution in [2.45, 2.75) is 27.7 Å². The summed E-state index contributed by atoms with van der Waals surface area (Å²) in [6.45, 7) is 7.05. The lowest BCUT2D eigenvalue weighted by Crippen LogP contribution is -2.33. The monoisotopic (exact) mass is 206 g/mol. The van der Waals surface area contributed by atoms with Crippen molar-refractivity contribution in [3.63, 3.8) is 0 Å². The van der Waals surface area contributed by atoms with Gasteiger partial charge >= 0.3 is 5.97 Å². The van der Waals surface area contributed by atoms with Gasteiger partial charge in [0.1, 0.15) is 5.41 Å². The van der Waals surface area contributed by atoms with Crippen LogP contribution >= 0.6 is 11.6 Å². The largest absolute Gasteiger partial charge is 0.465 e. The molecule has 0 aliphatic rings. The van der Waals surface area contributed by atoms with Gasteiger partial charge in [-0.3, -0.25) is 9.59 Å². The van der Waals surface area contributed by atoms with Crippen LogP contribution in [0, 0.1) is 11.3 Å². The molecule has 0 atom stereocenters. The molecule has 0 rings (SSSR count). The van der Waals surface area contributed by atoms with Gasteiger partial charge in [-0.25, -0.2) is 0 Å². The summed E-state index contributed by atoms with van der Waals surface area (Å²) >= 11 is 5.24. The zero-order valence-corrected chi connectivity index (χ0v) is 9.14. The minimum Gasteiger partial charge on any atom is -0.465 e. The highest BCUT2D eigenvalue weighted by molar-refractivity contribution is 6.66. The van der Waals surface area contributed by atoms with Crippen LogP contribution in [0.15, 0.2) is 0 Å². The van der Waals surface area contributed by atoms with Gasteiger partial charge in [-0.2, -0.15) is 0 Å². The van der Waals surface area contributed by atoms with E-state index < -0.39 is 16.6 Å². The molecule has 0 bridgehead atoms. The number of carbonyl (C=O) groups excluding carboxylic acids is 2. The van der Waals surface area contributed by atoms with Crippen LogP contribution in [0.5, 0.6) is 0 Å². The van der Waals surface area contributed by atoms with Crippen molar-refractivity contribution in [3.05, 3.63) is 0 Å². The van der Waals surface area contributed by atoms with Crippen molar-refractivity contribution in [1.29, 1.82) is 0 Å². The van der Waals surface area contributed by atoms with Gasteiger partial charge in [0, 0.05) is 0 Å². The lowest BCUT2D eigenvalue weighted by molar-refractivity contribution is -0.157. The quantitative estimate of drug-likeness (QED) is 0.401. The van der Waals surface area contributed by atoms with E-state index in [-0.39, 0.29) is 5.92 Å². The van der Waals surface area contributed by atoms with Gasteiger partial charge < -0.3 is 4.74 Å². The summed E-state index contributed by atoms with van der Waals surface area (Å²) in [6.07, 6.45) is 0. The van der Waals surface area contributed by atoms with Crippen molar-refractivity contribution in [1.82, 2.24) is 0 Å². The number of hydrogen-bond acceptors (Lipinski definition) is 3. The Hall–Kier alpha value is -0.570. The second-order valence-corrected chi connectivity index (χ2v) is 4.23. The van der Waals surface area contributed by atoms with Gasteiger partial charge in [0.05, 0.1) is 6.61 Å². The Morgan fingerprint density at radius 1 is 1.38 bits per heavy atom. The van der Waals surface area contributed by atoms with Gasteiger partial charge in [-0.1, -0.05) is 13.8 Å². The predicted octanol–water partition coefficient (Wildman–Crippen LogP) is 1.98. The Labute approximate surface area is 83.4 Å². The second kappa shape index (κ2) is 4.61. The molecule has 0 fully saturated rings. The Bertz CT molecular complexity index is 209. The molecule has 0 radical (unpaired) electrons. The van der Waals surface area contributed by atoms with Crippen LogP contribution in [0.3, 0.4) is 0 Å². The van der Waals surface area contributed by atoms with Gasteiger partial charge in [-0.05, 0) is 31.4 Å². The third-order valence-electron chi connectivity index (χ3n) is 1.55. The minimum absolute atomic E-state index is 0.255. The van der Waals surface area contributed by atoms with E-state index >= 15 is 0 Å². The molecule has 0 N–H and O–H groups in total. The fourth-order valence-corrected chi connectivity index (χ4v) is 0.580. The van der Waals surface area contributed by atoms with Crippen LogP contribution in [-0.4, -0.2) is 17.8 Å². The molecule has 0 saturated carbocycles. The molecule has 0 aromatic rings. The van der Waals surface area contributed by atoms with E-state index in [1.54, 1.807) is 0 Å². The summed E-state index contributed by atoms with van der Waals surface area (Å²) in [5.74, 6) is -0.314. The molecule has 4 heteroatoms. The molecule has 76 valence electrons. The SMILES string of the molecule is CC(C)COC(=O)C(C)(C)C(=O)Cl. The smallest absolute Gasteiger partial charge is 0.320 e. The first-order chi connectivity index (χ1) is 5.78. The Balaban J connectivity index is 4.18. The highest BCUT2D eigenvalue weighted by Gasteiger charge is 2.36.